The summed E-state index contributed by atoms with van der Waals surface area (Å²) in [5, 5.41) is 0. The van der Waals surface area contributed by atoms with E-state index in [0.29, 0.717) is 25.1 Å². The van der Waals surface area contributed by atoms with Crippen molar-refractivity contribution in [1.29, 1.82) is 0 Å². The second-order valence-electron chi connectivity index (χ2n) is 7.88. The predicted molar refractivity (Wildman–Crippen MR) is 101 cm³/mol. The average Bonchev–Trinajstić information content (AvgIpc) is 3.51. The second kappa shape index (κ2) is 7.73. The third-order valence-corrected chi connectivity index (χ3v) is 6.05. The topological polar surface area (TPSA) is 38.8 Å². The number of hydrogen-bond acceptors (Lipinski definition) is 3. The fraction of sp³-hybridized carbons (Fsp3) is 0.591. The molecule has 1 aromatic rings. The van der Waals surface area contributed by atoms with Crippen LogP contribution in [-0.2, 0) is 4.79 Å². The summed E-state index contributed by atoms with van der Waals surface area (Å²) in [4.78, 5) is 15.3. The number of carbonyl (C=O) groups is 1. The Labute approximate surface area is 156 Å². The Bertz CT molecular complexity index is 662. The number of methoxy groups -OCH3 is 1. The highest BCUT2D eigenvalue weighted by molar-refractivity contribution is 5.94. The molecule has 0 radical (unpaired) electrons. The molecule has 3 aliphatic carbocycles. The van der Waals surface area contributed by atoms with Gasteiger partial charge < -0.3 is 14.4 Å². The minimum absolute atomic E-state index is 0.274. The van der Waals surface area contributed by atoms with E-state index in [2.05, 4.69) is 11.0 Å². The zero-order valence-electron chi connectivity index (χ0n) is 15.7. The lowest BCUT2D eigenvalue weighted by Gasteiger charge is -2.36. The Kier molecular flexibility index (Phi) is 5.18. The molecule has 4 rings (SSSR count). The van der Waals surface area contributed by atoms with Gasteiger partial charge in [0.1, 0.15) is 18.1 Å². The highest BCUT2D eigenvalue weighted by Crippen LogP contribution is 2.41. The van der Waals surface area contributed by atoms with Crippen molar-refractivity contribution < 1.29 is 14.3 Å². The van der Waals surface area contributed by atoms with Crippen LogP contribution in [-0.4, -0.2) is 37.1 Å². The van der Waals surface area contributed by atoms with Crippen LogP contribution in [0.15, 0.2) is 35.9 Å². The molecular formula is C22H29NO3. The van der Waals surface area contributed by atoms with Gasteiger partial charge >= 0.3 is 0 Å². The number of carbonyl (C=O) groups excluding carboxylic acids is 1. The van der Waals surface area contributed by atoms with E-state index in [1.54, 1.807) is 7.11 Å². The molecule has 2 unspecified atom stereocenters. The van der Waals surface area contributed by atoms with Crippen molar-refractivity contribution in [2.75, 3.05) is 20.3 Å². The van der Waals surface area contributed by atoms with Crippen molar-refractivity contribution in [3.05, 3.63) is 35.9 Å². The van der Waals surface area contributed by atoms with Gasteiger partial charge in [-0.25, -0.2) is 0 Å². The van der Waals surface area contributed by atoms with Crippen LogP contribution in [0.3, 0.4) is 0 Å². The van der Waals surface area contributed by atoms with Crippen molar-refractivity contribution in [2.45, 2.75) is 51.0 Å². The van der Waals surface area contributed by atoms with Gasteiger partial charge in [-0.3, -0.25) is 4.79 Å². The van der Waals surface area contributed by atoms with Gasteiger partial charge in [-0.15, -0.1) is 0 Å². The highest BCUT2D eigenvalue weighted by atomic mass is 16.5. The maximum absolute atomic E-state index is 13.2. The van der Waals surface area contributed by atoms with Crippen molar-refractivity contribution in [3.63, 3.8) is 0 Å². The monoisotopic (exact) mass is 355 g/mol. The highest BCUT2D eigenvalue weighted by Gasteiger charge is 2.38. The molecule has 140 valence electrons. The number of hydrogen-bond donors (Lipinski definition) is 0. The van der Waals surface area contributed by atoms with E-state index in [-0.39, 0.29) is 5.91 Å². The Morgan fingerprint density at radius 2 is 1.88 bits per heavy atom. The molecule has 2 fully saturated rings. The number of ether oxygens (including phenoxy) is 2. The molecule has 0 spiro atoms. The van der Waals surface area contributed by atoms with E-state index < -0.39 is 0 Å². The van der Waals surface area contributed by atoms with Crippen LogP contribution in [0, 0.1) is 11.8 Å². The molecule has 2 atom stereocenters. The molecule has 4 nitrogen and oxygen atoms in total. The number of rotatable bonds is 7. The molecule has 0 saturated heterocycles. The first-order chi connectivity index (χ1) is 12.7. The van der Waals surface area contributed by atoms with E-state index in [0.717, 1.165) is 42.3 Å². The number of nitrogens with zero attached hydrogens (tertiary/aromatic N) is 1. The molecule has 2 bridgehead atoms. The first-order valence-electron chi connectivity index (χ1n) is 10.0. The smallest absolute Gasteiger partial charge is 0.250 e. The molecule has 26 heavy (non-hydrogen) atoms. The number of amides is 1. The molecule has 1 amide bonds. The van der Waals surface area contributed by atoms with Crippen LogP contribution in [0.1, 0.15) is 44.9 Å². The van der Waals surface area contributed by atoms with E-state index in [4.69, 9.17) is 9.47 Å². The number of allylic oxidation sites excluding steroid dienone is 1. The van der Waals surface area contributed by atoms with Crippen LogP contribution in [0.4, 0.5) is 0 Å². The summed E-state index contributed by atoms with van der Waals surface area (Å²) < 4.78 is 11.0. The zero-order valence-corrected chi connectivity index (χ0v) is 15.7. The first-order valence-corrected chi connectivity index (χ1v) is 10.0. The molecular weight excluding hydrogens is 326 g/mol. The summed E-state index contributed by atoms with van der Waals surface area (Å²) in [5.41, 5.74) is 1.09. The van der Waals surface area contributed by atoms with Gasteiger partial charge in [0.15, 0.2) is 0 Å². The largest absolute Gasteiger partial charge is 0.497 e. The van der Waals surface area contributed by atoms with E-state index in [1.807, 2.05) is 24.3 Å². The summed E-state index contributed by atoms with van der Waals surface area (Å²) in [6.07, 6.45) is 10.6. The third kappa shape index (κ3) is 3.89. The van der Waals surface area contributed by atoms with Gasteiger partial charge in [0.05, 0.1) is 13.7 Å². The SMILES string of the molecule is COc1ccc(OCCN(C(=O)C2=CCC3CCCC2C3)C2CC2)cc1. The van der Waals surface area contributed by atoms with Gasteiger partial charge in [-0.1, -0.05) is 18.9 Å². The Hall–Kier alpha value is -1.97. The fourth-order valence-corrected chi connectivity index (χ4v) is 4.45. The van der Waals surface area contributed by atoms with Crippen LogP contribution in [0.5, 0.6) is 11.5 Å². The summed E-state index contributed by atoms with van der Waals surface area (Å²) in [6, 6.07) is 8.03. The van der Waals surface area contributed by atoms with E-state index in [1.165, 1.54) is 25.7 Å². The van der Waals surface area contributed by atoms with E-state index in [9.17, 15) is 4.79 Å². The summed E-state index contributed by atoms with van der Waals surface area (Å²) in [5.74, 6) is 3.23. The quantitative estimate of drug-likeness (QED) is 0.736. The fourth-order valence-electron chi connectivity index (χ4n) is 4.45. The summed E-state index contributed by atoms with van der Waals surface area (Å²) in [6.45, 7) is 1.21. The van der Waals surface area contributed by atoms with Crippen molar-refractivity contribution in [3.8, 4) is 11.5 Å². The van der Waals surface area contributed by atoms with Gasteiger partial charge in [0.2, 0.25) is 5.91 Å². The third-order valence-electron chi connectivity index (χ3n) is 6.05. The predicted octanol–water partition coefficient (Wildman–Crippen LogP) is 4.20. The maximum atomic E-state index is 13.2. The van der Waals surface area contributed by atoms with Crippen LogP contribution >= 0.6 is 0 Å². The molecule has 0 N–H and O–H groups in total. The van der Waals surface area contributed by atoms with Crippen LogP contribution in [0.25, 0.3) is 0 Å². The number of fused-ring (bicyclic) bond motifs is 2. The van der Waals surface area contributed by atoms with E-state index >= 15 is 0 Å². The van der Waals surface area contributed by atoms with Crippen molar-refractivity contribution in [2.24, 2.45) is 11.8 Å². The minimum Gasteiger partial charge on any atom is -0.497 e. The standard InChI is InChI=1S/C22H29NO3/c1-25-19-8-10-20(11-9-19)26-14-13-23(18-6-7-18)22(24)21-12-5-16-3-2-4-17(21)15-16/h8-12,16-18H,2-7,13-15H2,1H3. The Morgan fingerprint density at radius 3 is 2.62 bits per heavy atom. The zero-order chi connectivity index (χ0) is 17.9. The van der Waals surface area contributed by atoms with Crippen LogP contribution in [0.2, 0.25) is 0 Å². The Balaban J connectivity index is 1.36. The van der Waals surface area contributed by atoms with Crippen molar-refractivity contribution in [1.82, 2.24) is 4.90 Å². The lowest BCUT2D eigenvalue weighted by molar-refractivity contribution is -0.129. The van der Waals surface area contributed by atoms with Gasteiger partial charge in [-0.05, 0) is 68.2 Å². The van der Waals surface area contributed by atoms with Gasteiger partial charge in [-0.2, -0.15) is 0 Å². The van der Waals surface area contributed by atoms with Crippen molar-refractivity contribution >= 4 is 5.91 Å². The van der Waals surface area contributed by atoms with Crippen LogP contribution < -0.4 is 9.47 Å². The molecule has 0 heterocycles. The molecule has 3 aliphatic rings. The maximum Gasteiger partial charge on any atom is 0.250 e. The minimum atomic E-state index is 0.274. The summed E-state index contributed by atoms with van der Waals surface area (Å²) >= 11 is 0. The van der Waals surface area contributed by atoms with Gasteiger partial charge in [0, 0.05) is 11.6 Å². The molecule has 2 saturated carbocycles. The van der Waals surface area contributed by atoms with Gasteiger partial charge in [0.25, 0.3) is 0 Å². The average molecular weight is 355 g/mol. The molecule has 0 aliphatic heterocycles. The molecule has 0 aromatic heterocycles. The lowest BCUT2D eigenvalue weighted by atomic mass is 9.72. The number of benzene rings is 1. The summed E-state index contributed by atoms with van der Waals surface area (Å²) in [7, 11) is 1.66. The lowest BCUT2D eigenvalue weighted by Crippen LogP contribution is -2.40. The first kappa shape index (κ1) is 17.4. The molecule has 4 heteroatoms. The molecule has 1 aromatic carbocycles. The second-order valence-corrected chi connectivity index (χ2v) is 7.88. The Morgan fingerprint density at radius 1 is 1.12 bits per heavy atom. The normalized spacial score (nSPS) is 24.6.